The first-order chi connectivity index (χ1) is 9.74. The highest BCUT2D eigenvalue weighted by molar-refractivity contribution is 9.10. The van der Waals surface area contributed by atoms with Gasteiger partial charge in [0.05, 0.1) is 5.52 Å². The molecular formula is C14H9BrN4O. The SMILES string of the molecule is O=C(Nc1cc(Br)c2nccnc2c1)c1ccccn1. The number of rotatable bonds is 2. The Hall–Kier alpha value is -2.34. The van der Waals surface area contributed by atoms with Gasteiger partial charge < -0.3 is 5.32 Å². The molecule has 0 saturated carbocycles. The van der Waals surface area contributed by atoms with E-state index in [1.807, 2.05) is 0 Å². The third kappa shape index (κ3) is 2.50. The summed E-state index contributed by atoms with van der Waals surface area (Å²) in [4.78, 5) is 24.5. The fourth-order valence-electron chi connectivity index (χ4n) is 1.80. The molecule has 0 saturated heterocycles. The van der Waals surface area contributed by atoms with Gasteiger partial charge >= 0.3 is 0 Å². The number of carbonyl (C=O) groups is 1. The van der Waals surface area contributed by atoms with Crippen molar-refractivity contribution in [3.63, 3.8) is 0 Å². The Morgan fingerprint density at radius 1 is 1.05 bits per heavy atom. The third-order valence-corrected chi connectivity index (χ3v) is 3.29. The number of anilines is 1. The van der Waals surface area contributed by atoms with E-state index in [0.717, 1.165) is 9.99 Å². The van der Waals surface area contributed by atoms with Gasteiger partial charge in [0.25, 0.3) is 5.91 Å². The molecule has 0 aliphatic rings. The second-order valence-electron chi connectivity index (χ2n) is 4.05. The van der Waals surface area contributed by atoms with Crippen molar-refractivity contribution in [2.75, 3.05) is 5.32 Å². The fraction of sp³-hybridized carbons (Fsp3) is 0. The summed E-state index contributed by atoms with van der Waals surface area (Å²) in [6.07, 6.45) is 4.81. The minimum Gasteiger partial charge on any atom is -0.321 e. The topological polar surface area (TPSA) is 67.8 Å². The number of fused-ring (bicyclic) bond motifs is 1. The zero-order valence-electron chi connectivity index (χ0n) is 10.2. The van der Waals surface area contributed by atoms with E-state index in [1.165, 1.54) is 0 Å². The van der Waals surface area contributed by atoms with Crippen molar-refractivity contribution in [2.45, 2.75) is 0 Å². The van der Waals surface area contributed by atoms with Crippen molar-refractivity contribution in [3.05, 3.63) is 59.1 Å². The van der Waals surface area contributed by atoms with Crippen LogP contribution in [-0.2, 0) is 0 Å². The van der Waals surface area contributed by atoms with Gasteiger partial charge in [-0.1, -0.05) is 6.07 Å². The Kier molecular flexibility index (Phi) is 3.39. The zero-order chi connectivity index (χ0) is 13.9. The number of carbonyl (C=O) groups excluding carboxylic acids is 1. The Balaban J connectivity index is 1.94. The van der Waals surface area contributed by atoms with Crippen LogP contribution in [0.25, 0.3) is 11.0 Å². The van der Waals surface area contributed by atoms with Crippen molar-refractivity contribution in [3.8, 4) is 0 Å². The summed E-state index contributed by atoms with van der Waals surface area (Å²) in [5.41, 5.74) is 2.46. The minimum atomic E-state index is -0.263. The van der Waals surface area contributed by atoms with Gasteiger partial charge in [0.15, 0.2) is 0 Å². The highest BCUT2D eigenvalue weighted by Crippen LogP contribution is 2.25. The van der Waals surface area contributed by atoms with Gasteiger partial charge in [-0.25, -0.2) is 0 Å². The number of hydrogen-bond acceptors (Lipinski definition) is 4. The van der Waals surface area contributed by atoms with E-state index in [0.29, 0.717) is 16.9 Å². The van der Waals surface area contributed by atoms with Gasteiger partial charge in [-0.05, 0) is 40.2 Å². The second kappa shape index (κ2) is 5.34. The van der Waals surface area contributed by atoms with Crippen molar-refractivity contribution < 1.29 is 4.79 Å². The van der Waals surface area contributed by atoms with Gasteiger partial charge in [-0.2, -0.15) is 0 Å². The van der Waals surface area contributed by atoms with Crippen molar-refractivity contribution in [1.29, 1.82) is 0 Å². The number of amides is 1. The van der Waals surface area contributed by atoms with Crippen LogP contribution in [0.5, 0.6) is 0 Å². The highest BCUT2D eigenvalue weighted by Gasteiger charge is 2.09. The van der Waals surface area contributed by atoms with Crippen LogP contribution < -0.4 is 5.32 Å². The number of hydrogen-bond donors (Lipinski definition) is 1. The highest BCUT2D eigenvalue weighted by atomic mass is 79.9. The number of aromatic nitrogens is 3. The van der Waals surface area contributed by atoms with Gasteiger partial charge in [-0.3, -0.25) is 19.7 Å². The molecule has 0 atom stereocenters. The summed E-state index contributed by atoms with van der Waals surface area (Å²) in [5, 5.41) is 2.79. The molecule has 0 radical (unpaired) electrons. The quantitative estimate of drug-likeness (QED) is 0.785. The molecule has 3 rings (SSSR count). The molecule has 0 aliphatic carbocycles. The summed E-state index contributed by atoms with van der Waals surface area (Å²) in [6.45, 7) is 0. The lowest BCUT2D eigenvalue weighted by molar-refractivity contribution is 0.102. The smallest absolute Gasteiger partial charge is 0.274 e. The van der Waals surface area contributed by atoms with Crippen LogP contribution in [0.4, 0.5) is 5.69 Å². The molecule has 0 unspecified atom stereocenters. The molecule has 1 amide bonds. The van der Waals surface area contributed by atoms with Crippen LogP contribution in [0.2, 0.25) is 0 Å². The van der Waals surface area contributed by atoms with E-state index in [9.17, 15) is 4.79 Å². The molecule has 0 fully saturated rings. The molecule has 20 heavy (non-hydrogen) atoms. The predicted molar refractivity (Wildman–Crippen MR) is 79.4 cm³/mol. The molecule has 1 N–H and O–H groups in total. The molecular weight excluding hydrogens is 320 g/mol. The standard InChI is InChI=1S/C14H9BrN4O/c15-10-7-9(8-12-13(10)18-6-5-17-12)19-14(20)11-3-1-2-4-16-11/h1-8H,(H,19,20). The number of pyridine rings is 1. The third-order valence-electron chi connectivity index (χ3n) is 2.68. The van der Waals surface area contributed by atoms with E-state index < -0.39 is 0 Å². The van der Waals surface area contributed by atoms with Crippen LogP contribution in [0, 0.1) is 0 Å². The first-order valence-electron chi connectivity index (χ1n) is 5.87. The largest absolute Gasteiger partial charge is 0.321 e. The summed E-state index contributed by atoms with van der Waals surface area (Å²) >= 11 is 3.42. The number of halogens is 1. The van der Waals surface area contributed by atoms with Crippen molar-refractivity contribution in [2.24, 2.45) is 0 Å². The Bertz CT molecular complexity index is 776. The Morgan fingerprint density at radius 3 is 2.70 bits per heavy atom. The molecule has 2 aromatic heterocycles. The predicted octanol–water partition coefficient (Wildman–Crippen LogP) is 3.04. The second-order valence-corrected chi connectivity index (χ2v) is 4.91. The van der Waals surface area contributed by atoms with Crippen LogP contribution in [0.15, 0.2) is 53.4 Å². The van der Waals surface area contributed by atoms with Gasteiger partial charge in [0.2, 0.25) is 0 Å². The minimum absolute atomic E-state index is 0.263. The number of nitrogens with zero attached hydrogens (tertiary/aromatic N) is 3. The lowest BCUT2D eigenvalue weighted by Gasteiger charge is -2.07. The molecule has 0 bridgehead atoms. The van der Waals surface area contributed by atoms with E-state index in [1.54, 1.807) is 48.9 Å². The Labute approximate surface area is 123 Å². The van der Waals surface area contributed by atoms with Crippen molar-refractivity contribution >= 4 is 38.6 Å². The van der Waals surface area contributed by atoms with Crippen LogP contribution in [-0.4, -0.2) is 20.9 Å². The summed E-state index contributed by atoms with van der Waals surface area (Å²) in [7, 11) is 0. The number of benzene rings is 1. The zero-order valence-corrected chi connectivity index (χ0v) is 11.8. The van der Waals surface area contributed by atoms with E-state index in [2.05, 4.69) is 36.2 Å². The summed E-state index contributed by atoms with van der Waals surface area (Å²) < 4.78 is 0.777. The van der Waals surface area contributed by atoms with E-state index in [-0.39, 0.29) is 5.91 Å². The normalized spacial score (nSPS) is 10.4. The lowest BCUT2D eigenvalue weighted by Crippen LogP contribution is -2.13. The van der Waals surface area contributed by atoms with Crippen LogP contribution in [0.3, 0.4) is 0 Å². The molecule has 0 aliphatic heterocycles. The first kappa shape index (κ1) is 12.7. The molecule has 5 nitrogen and oxygen atoms in total. The summed E-state index contributed by atoms with van der Waals surface area (Å²) in [5.74, 6) is -0.263. The number of nitrogens with one attached hydrogen (secondary N) is 1. The van der Waals surface area contributed by atoms with E-state index >= 15 is 0 Å². The molecule has 98 valence electrons. The maximum absolute atomic E-state index is 12.0. The van der Waals surface area contributed by atoms with Gasteiger partial charge in [-0.15, -0.1) is 0 Å². The maximum Gasteiger partial charge on any atom is 0.274 e. The molecule has 6 heteroatoms. The summed E-state index contributed by atoms with van der Waals surface area (Å²) in [6, 6.07) is 8.75. The maximum atomic E-state index is 12.0. The van der Waals surface area contributed by atoms with Gasteiger partial charge in [0, 0.05) is 28.8 Å². The fourth-order valence-corrected chi connectivity index (χ4v) is 2.35. The molecule has 0 spiro atoms. The monoisotopic (exact) mass is 328 g/mol. The molecule has 1 aromatic carbocycles. The van der Waals surface area contributed by atoms with Crippen LogP contribution >= 0.6 is 15.9 Å². The van der Waals surface area contributed by atoms with Crippen molar-refractivity contribution in [1.82, 2.24) is 15.0 Å². The average molecular weight is 329 g/mol. The van der Waals surface area contributed by atoms with E-state index in [4.69, 9.17) is 0 Å². The molecule has 3 aromatic rings. The lowest BCUT2D eigenvalue weighted by atomic mass is 10.2. The van der Waals surface area contributed by atoms with Gasteiger partial charge in [0.1, 0.15) is 11.2 Å². The Morgan fingerprint density at radius 2 is 1.90 bits per heavy atom. The molecule has 2 heterocycles. The van der Waals surface area contributed by atoms with Crippen LogP contribution in [0.1, 0.15) is 10.5 Å². The average Bonchev–Trinajstić information content (AvgIpc) is 2.48. The first-order valence-corrected chi connectivity index (χ1v) is 6.66.